The fourth-order valence-corrected chi connectivity index (χ4v) is 1.95. The minimum absolute atomic E-state index is 0. The normalized spacial score (nSPS) is 11.5. The Morgan fingerprint density at radius 3 is 2.77 bits per heavy atom. The van der Waals surface area contributed by atoms with Crippen LogP contribution in [0, 0.1) is 0 Å². The van der Waals surface area contributed by atoms with E-state index < -0.39 is 0 Å². The second-order valence-electron chi connectivity index (χ2n) is 4.73. The molecule has 0 spiro atoms. The zero-order valence-corrected chi connectivity index (χ0v) is 13.3. The Labute approximate surface area is 136 Å². The van der Waals surface area contributed by atoms with Crippen LogP contribution in [0.3, 0.4) is 0 Å². The van der Waals surface area contributed by atoms with Gasteiger partial charge in [-0.3, -0.25) is 9.48 Å². The molecule has 0 saturated carbocycles. The molecule has 1 unspecified atom stereocenters. The molecule has 0 aliphatic rings. The molecule has 1 aromatic heterocycles. The minimum Gasteiger partial charge on any atom is -0.383 e. The maximum Gasteiger partial charge on any atom is 0.227 e. The molecule has 120 valence electrons. The number of ether oxygens (including phenoxy) is 1. The van der Waals surface area contributed by atoms with Gasteiger partial charge in [0.25, 0.3) is 0 Å². The van der Waals surface area contributed by atoms with Gasteiger partial charge in [0.05, 0.1) is 13.2 Å². The topological polar surface area (TPSA) is 82.2 Å². The van der Waals surface area contributed by atoms with Gasteiger partial charge in [0.2, 0.25) is 5.91 Å². The lowest BCUT2D eigenvalue weighted by Gasteiger charge is -2.11. The van der Waals surface area contributed by atoms with E-state index in [1.165, 1.54) is 0 Å². The summed E-state index contributed by atoms with van der Waals surface area (Å²) in [5, 5.41) is 6.98. The monoisotopic (exact) mass is 324 g/mol. The van der Waals surface area contributed by atoms with Crippen LogP contribution in [0.15, 0.2) is 42.6 Å². The maximum atomic E-state index is 12.0. The summed E-state index contributed by atoms with van der Waals surface area (Å²) in [5.41, 5.74) is 6.96. The number of aromatic nitrogens is 2. The Hall–Kier alpha value is -1.89. The smallest absolute Gasteiger partial charge is 0.227 e. The number of anilines is 1. The number of benzene rings is 1. The van der Waals surface area contributed by atoms with Crippen LogP contribution in [0.1, 0.15) is 18.0 Å². The van der Waals surface area contributed by atoms with Crippen LogP contribution in [-0.2, 0) is 16.1 Å². The number of carbonyl (C=O) groups is 1. The lowest BCUT2D eigenvalue weighted by atomic mass is 10.0. The fraction of sp³-hybridized carbons (Fsp3) is 0.333. The van der Waals surface area contributed by atoms with E-state index in [1.807, 2.05) is 30.3 Å². The van der Waals surface area contributed by atoms with Crippen molar-refractivity contribution in [3.05, 3.63) is 48.2 Å². The van der Waals surface area contributed by atoms with E-state index in [0.717, 1.165) is 5.56 Å². The Balaban J connectivity index is 0.00000242. The molecule has 0 aliphatic carbocycles. The van der Waals surface area contributed by atoms with Crippen molar-refractivity contribution in [3.8, 4) is 0 Å². The highest BCUT2D eigenvalue weighted by Crippen LogP contribution is 2.14. The number of methoxy groups -OCH3 is 1. The first-order chi connectivity index (χ1) is 10.2. The molecule has 2 aromatic rings. The number of nitrogens with zero attached hydrogens (tertiary/aromatic N) is 2. The van der Waals surface area contributed by atoms with Crippen LogP contribution in [-0.4, -0.2) is 29.4 Å². The standard InChI is InChI=1S/C15H20N4O2.ClH/c1-21-10-9-19-8-7-14(18-19)17-15(20)11-13(16)12-5-3-2-4-6-12;/h2-8,13H,9-11,16H2,1H3,(H,17,18,20);1H. The Kier molecular flexibility index (Phi) is 7.59. The van der Waals surface area contributed by atoms with Gasteiger partial charge in [-0.25, -0.2) is 0 Å². The summed E-state index contributed by atoms with van der Waals surface area (Å²) in [6, 6.07) is 11.0. The van der Waals surface area contributed by atoms with E-state index in [-0.39, 0.29) is 30.8 Å². The van der Waals surface area contributed by atoms with Gasteiger partial charge in [-0.15, -0.1) is 12.4 Å². The van der Waals surface area contributed by atoms with Gasteiger partial charge < -0.3 is 15.8 Å². The van der Waals surface area contributed by atoms with Crippen LogP contribution in [0.25, 0.3) is 0 Å². The fourth-order valence-electron chi connectivity index (χ4n) is 1.95. The average Bonchev–Trinajstić information content (AvgIpc) is 2.93. The highest BCUT2D eigenvalue weighted by Gasteiger charge is 2.12. The molecule has 6 nitrogen and oxygen atoms in total. The number of hydrogen-bond donors (Lipinski definition) is 2. The van der Waals surface area contributed by atoms with E-state index in [2.05, 4.69) is 10.4 Å². The number of hydrogen-bond acceptors (Lipinski definition) is 4. The molecule has 1 amide bonds. The molecule has 1 atom stereocenters. The van der Waals surface area contributed by atoms with Crippen LogP contribution in [0.2, 0.25) is 0 Å². The SMILES string of the molecule is COCCn1ccc(NC(=O)CC(N)c2ccccc2)n1.Cl. The quantitative estimate of drug-likeness (QED) is 0.816. The summed E-state index contributed by atoms with van der Waals surface area (Å²) >= 11 is 0. The molecule has 2 rings (SSSR count). The predicted molar refractivity (Wildman–Crippen MR) is 88.0 cm³/mol. The Morgan fingerprint density at radius 2 is 2.09 bits per heavy atom. The van der Waals surface area contributed by atoms with E-state index in [4.69, 9.17) is 10.5 Å². The van der Waals surface area contributed by atoms with Gasteiger partial charge in [-0.05, 0) is 5.56 Å². The molecule has 7 heteroatoms. The summed E-state index contributed by atoms with van der Waals surface area (Å²) in [7, 11) is 1.64. The van der Waals surface area contributed by atoms with Gasteiger partial charge in [0.1, 0.15) is 0 Å². The zero-order chi connectivity index (χ0) is 15.1. The predicted octanol–water partition coefficient (Wildman–Crippen LogP) is 1.98. The summed E-state index contributed by atoms with van der Waals surface area (Å²) in [5.74, 6) is 0.375. The molecule has 0 aliphatic heterocycles. The summed E-state index contributed by atoms with van der Waals surface area (Å²) in [6.07, 6.45) is 2.01. The van der Waals surface area contributed by atoms with Crippen molar-refractivity contribution >= 4 is 24.1 Å². The van der Waals surface area contributed by atoms with Gasteiger partial charge in [-0.2, -0.15) is 5.10 Å². The first-order valence-corrected chi connectivity index (χ1v) is 6.82. The Morgan fingerprint density at radius 1 is 1.36 bits per heavy atom. The summed E-state index contributed by atoms with van der Waals surface area (Å²) in [4.78, 5) is 12.0. The molecular formula is C15H21ClN4O2. The van der Waals surface area contributed by atoms with Gasteiger partial charge in [0.15, 0.2) is 5.82 Å². The maximum absolute atomic E-state index is 12.0. The molecule has 0 saturated heterocycles. The van der Waals surface area contributed by atoms with Crippen molar-refractivity contribution in [2.75, 3.05) is 19.0 Å². The third-order valence-corrected chi connectivity index (χ3v) is 3.07. The third-order valence-electron chi connectivity index (χ3n) is 3.07. The number of carbonyl (C=O) groups excluding carboxylic acids is 1. The largest absolute Gasteiger partial charge is 0.383 e. The second kappa shape index (κ2) is 9.19. The summed E-state index contributed by atoms with van der Waals surface area (Å²) < 4.78 is 6.69. The van der Waals surface area contributed by atoms with Crippen molar-refractivity contribution in [2.45, 2.75) is 19.0 Å². The van der Waals surface area contributed by atoms with Crippen LogP contribution in [0.4, 0.5) is 5.82 Å². The molecule has 1 aromatic carbocycles. The first-order valence-electron chi connectivity index (χ1n) is 6.82. The average molecular weight is 325 g/mol. The minimum atomic E-state index is -0.318. The van der Waals surface area contributed by atoms with E-state index in [1.54, 1.807) is 24.1 Å². The molecule has 1 heterocycles. The molecule has 0 bridgehead atoms. The number of nitrogens with one attached hydrogen (secondary N) is 1. The summed E-state index contributed by atoms with van der Waals surface area (Å²) in [6.45, 7) is 1.23. The van der Waals surface area contributed by atoms with Crippen molar-refractivity contribution in [1.29, 1.82) is 0 Å². The van der Waals surface area contributed by atoms with E-state index >= 15 is 0 Å². The molecular weight excluding hydrogens is 304 g/mol. The molecule has 0 radical (unpaired) electrons. The van der Waals surface area contributed by atoms with E-state index in [9.17, 15) is 4.79 Å². The van der Waals surface area contributed by atoms with Gasteiger partial charge in [-0.1, -0.05) is 30.3 Å². The molecule has 3 N–H and O–H groups in total. The van der Waals surface area contributed by atoms with Crippen LogP contribution >= 0.6 is 12.4 Å². The highest BCUT2D eigenvalue weighted by atomic mass is 35.5. The first kappa shape index (κ1) is 18.2. The lowest BCUT2D eigenvalue weighted by Crippen LogP contribution is -2.20. The van der Waals surface area contributed by atoms with Crippen molar-refractivity contribution < 1.29 is 9.53 Å². The van der Waals surface area contributed by atoms with Crippen LogP contribution in [0.5, 0.6) is 0 Å². The van der Waals surface area contributed by atoms with Crippen molar-refractivity contribution in [1.82, 2.24) is 9.78 Å². The lowest BCUT2D eigenvalue weighted by molar-refractivity contribution is -0.116. The van der Waals surface area contributed by atoms with Gasteiger partial charge in [0, 0.05) is 31.8 Å². The second-order valence-corrected chi connectivity index (χ2v) is 4.73. The number of nitrogens with two attached hydrogens (primary N) is 1. The third kappa shape index (κ3) is 5.48. The Bertz CT molecular complexity index is 574. The highest BCUT2D eigenvalue weighted by molar-refractivity contribution is 5.90. The van der Waals surface area contributed by atoms with Crippen molar-refractivity contribution in [3.63, 3.8) is 0 Å². The van der Waals surface area contributed by atoms with Crippen LogP contribution < -0.4 is 11.1 Å². The molecule has 22 heavy (non-hydrogen) atoms. The zero-order valence-electron chi connectivity index (χ0n) is 12.4. The van der Waals surface area contributed by atoms with E-state index in [0.29, 0.717) is 19.0 Å². The number of rotatable bonds is 7. The number of amides is 1. The number of halogens is 1. The molecule has 0 fully saturated rings. The van der Waals surface area contributed by atoms with Gasteiger partial charge >= 0.3 is 0 Å². The van der Waals surface area contributed by atoms with Crippen molar-refractivity contribution in [2.24, 2.45) is 5.73 Å².